The van der Waals surface area contributed by atoms with Gasteiger partial charge in [-0.2, -0.15) is 0 Å². The molecule has 0 unspecified atom stereocenters. The van der Waals surface area contributed by atoms with Gasteiger partial charge < -0.3 is 10.2 Å². The zero-order chi connectivity index (χ0) is 21.7. The van der Waals surface area contributed by atoms with Crippen molar-refractivity contribution in [2.24, 2.45) is 0 Å². The van der Waals surface area contributed by atoms with Crippen molar-refractivity contribution in [3.05, 3.63) is 79.0 Å². The molecule has 5 aromatic rings. The fourth-order valence-corrected chi connectivity index (χ4v) is 6.23. The lowest BCUT2D eigenvalue weighted by atomic mass is 10.1. The number of pyridine rings is 1. The van der Waals surface area contributed by atoms with Crippen LogP contribution in [0.5, 0.6) is 0 Å². The van der Waals surface area contributed by atoms with Crippen LogP contribution in [-0.4, -0.2) is 43.6 Å². The van der Waals surface area contributed by atoms with Crippen molar-refractivity contribution < 1.29 is 8.42 Å². The Labute approximate surface area is 186 Å². The van der Waals surface area contributed by atoms with E-state index in [0.29, 0.717) is 10.4 Å². The maximum absolute atomic E-state index is 14.0. The lowest BCUT2D eigenvalue weighted by molar-refractivity contribution is 0.586. The Morgan fingerprint density at radius 3 is 2.34 bits per heavy atom. The quantitative estimate of drug-likeness (QED) is 0.458. The molecule has 1 N–H and O–H groups in total. The summed E-state index contributed by atoms with van der Waals surface area (Å²) >= 11 is 0. The first-order chi connectivity index (χ1) is 15.6. The van der Waals surface area contributed by atoms with E-state index in [1.807, 2.05) is 60.7 Å². The first kappa shape index (κ1) is 19.3. The first-order valence-corrected chi connectivity index (χ1v) is 12.2. The van der Waals surface area contributed by atoms with Crippen molar-refractivity contribution in [2.45, 2.75) is 4.90 Å². The van der Waals surface area contributed by atoms with Gasteiger partial charge in [0, 0.05) is 48.5 Å². The minimum absolute atomic E-state index is 0.303. The Bertz CT molecular complexity index is 1580. The fraction of sp³-hybridized carbons (Fsp3) is 0.160. The molecular formula is C25H22N4O2S. The molecule has 1 aliphatic heterocycles. The van der Waals surface area contributed by atoms with Crippen molar-refractivity contribution in [2.75, 3.05) is 31.1 Å². The van der Waals surface area contributed by atoms with Gasteiger partial charge in [-0.1, -0.05) is 54.6 Å². The number of benzene rings is 3. The van der Waals surface area contributed by atoms with Gasteiger partial charge >= 0.3 is 0 Å². The van der Waals surface area contributed by atoms with E-state index < -0.39 is 10.0 Å². The number of nitrogens with zero attached hydrogens (tertiary/aromatic N) is 3. The maximum Gasteiger partial charge on any atom is 0.268 e. The monoisotopic (exact) mass is 442 g/mol. The van der Waals surface area contributed by atoms with Crippen LogP contribution < -0.4 is 10.2 Å². The highest BCUT2D eigenvalue weighted by atomic mass is 32.2. The van der Waals surface area contributed by atoms with Crippen LogP contribution in [0.3, 0.4) is 0 Å². The molecule has 0 spiro atoms. The second-order valence-corrected chi connectivity index (χ2v) is 9.83. The molecule has 1 saturated heterocycles. The van der Waals surface area contributed by atoms with E-state index in [-0.39, 0.29) is 0 Å². The lowest BCUT2D eigenvalue weighted by Gasteiger charge is -2.29. The van der Waals surface area contributed by atoms with Crippen molar-refractivity contribution >= 4 is 48.4 Å². The van der Waals surface area contributed by atoms with Gasteiger partial charge in [0.1, 0.15) is 5.82 Å². The van der Waals surface area contributed by atoms with Crippen molar-refractivity contribution in [3.63, 3.8) is 0 Å². The van der Waals surface area contributed by atoms with Crippen LogP contribution in [-0.2, 0) is 10.0 Å². The van der Waals surface area contributed by atoms with Gasteiger partial charge in [-0.25, -0.2) is 17.4 Å². The average Bonchev–Trinajstić information content (AvgIpc) is 3.30. The summed E-state index contributed by atoms with van der Waals surface area (Å²) in [6.07, 6.45) is 1.67. The Morgan fingerprint density at radius 1 is 0.781 bits per heavy atom. The molecule has 0 saturated carbocycles. The number of hydrogen-bond acceptors (Lipinski definition) is 5. The molecule has 3 heterocycles. The van der Waals surface area contributed by atoms with E-state index in [9.17, 15) is 8.42 Å². The Balaban J connectivity index is 1.66. The summed E-state index contributed by atoms with van der Waals surface area (Å²) < 4.78 is 29.4. The molecule has 32 heavy (non-hydrogen) atoms. The fourth-order valence-electron chi connectivity index (χ4n) is 4.65. The predicted molar refractivity (Wildman–Crippen MR) is 129 cm³/mol. The summed E-state index contributed by atoms with van der Waals surface area (Å²) in [6, 6.07) is 22.6. The molecule has 3 aromatic carbocycles. The van der Waals surface area contributed by atoms with Crippen LogP contribution in [0.2, 0.25) is 0 Å². The predicted octanol–water partition coefficient (Wildman–Crippen LogP) is 3.99. The largest absolute Gasteiger partial charge is 0.353 e. The molecule has 0 amide bonds. The highest BCUT2D eigenvalue weighted by Crippen LogP contribution is 2.35. The maximum atomic E-state index is 14.0. The number of fused-ring (bicyclic) bond motifs is 4. The number of anilines is 1. The van der Waals surface area contributed by atoms with Gasteiger partial charge in [0.15, 0.2) is 0 Å². The summed E-state index contributed by atoms with van der Waals surface area (Å²) in [5, 5.41) is 6.67. The lowest BCUT2D eigenvalue weighted by Crippen LogP contribution is -2.44. The number of nitrogens with one attached hydrogen (secondary N) is 1. The molecule has 0 radical (unpaired) electrons. The van der Waals surface area contributed by atoms with E-state index in [0.717, 1.165) is 59.1 Å². The van der Waals surface area contributed by atoms with E-state index in [1.54, 1.807) is 18.3 Å². The minimum atomic E-state index is -3.83. The molecule has 1 fully saturated rings. The first-order valence-electron chi connectivity index (χ1n) is 10.7. The van der Waals surface area contributed by atoms with E-state index in [4.69, 9.17) is 4.98 Å². The van der Waals surface area contributed by atoms with Crippen molar-refractivity contribution in [1.82, 2.24) is 14.3 Å². The molecule has 7 heteroatoms. The third-order valence-corrected chi connectivity index (χ3v) is 7.92. The van der Waals surface area contributed by atoms with Gasteiger partial charge in [-0.3, -0.25) is 0 Å². The van der Waals surface area contributed by atoms with Crippen molar-refractivity contribution in [1.29, 1.82) is 0 Å². The number of rotatable bonds is 3. The van der Waals surface area contributed by atoms with Gasteiger partial charge in [0.2, 0.25) is 0 Å². The van der Waals surface area contributed by atoms with E-state index in [1.165, 1.54) is 3.97 Å². The van der Waals surface area contributed by atoms with Gasteiger partial charge in [0.05, 0.1) is 15.9 Å². The van der Waals surface area contributed by atoms with Crippen molar-refractivity contribution in [3.8, 4) is 0 Å². The Hall–Kier alpha value is -3.42. The van der Waals surface area contributed by atoms with Crippen LogP contribution in [0.1, 0.15) is 0 Å². The number of hydrogen-bond donors (Lipinski definition) is 1. The third-order valence-electron chi connectivity index (χ3n) is 6.18. The molecule has 0 aliphatic carbocycles. The second kappa shape index (κ2) is 7.32. The van der Waals surface area contributed by atoms with Crippen LogP contribution >= 0.6 is 0 Å². The van der Waals surface area contributed by atoms with Crippen LogP contribution in [0.4, 0.5) is 5.82 Å². The number of aromatic nitrogens is 2. The Kier molecular flexibility index (Phi) is 4.41. The normalized spacial score (nSPS) is 15.1. The summed E-state index contributed by atoms with van der Waals surface area (Å²) in [7, 11) is -3.83. The summed E-state index contributed by atoms with van der Waals surface area (Å²) in [6.45, 7) is 3.43. The number of piperazine rings is 1. The van der Waals surface area contributed by atoms with Gasteiger partial charge in [0.25, 0.3) is 10.0 Å². The minimum Gasteiger partial charge on any atom is -0.353 e. The zero-order valence-corrected chi connectivity index (χ0v) is 18.2. The third kappa shape index (κ3) is 2.89. The molecule has 6 rings (SSSR count). The number of para-hydroxylation sites is 1. The highest BCUT2D eigenvalue weighted by molar-refractivity contribution is 7.90. The van der Waals surface area contributed by atoms with Gasteiger partial charge in [-0.15, -0.1) is 0 Å². The van der Waals surface area contributed by atoms with Gasteiger partial charge in [-0.05, 0) is 23.6 Å². The molecule has 0 atom stereocenters. The van der Waals surface area contributed by atoms with E-state index in [2.05, 4.69) is 10.2 Å². The molecule has 0 bridgehead atoms. The molecule has 2 aromatic heterocycles. The molecule has 1 aliphatic rings. The summed E-state index contributed by atoms with van der Waals surface area (Å²) in [5.74, 6) is 0.840. The average molecular weight is 443 g/mol. The molecular weight excluding hydrogens is 420 g/mol. The smallest absolute Gasteiger partial charge is 0.268 e. The highest BCUT2D eigenvalue weighted by Gasteiger charge is 2.25. The summed E-state index contributed by atoms with van der Waals surface area (Å²) in [5.41, 5.74) is 1.47. The zero-order valence-electron chi connectivity index (χ0n) is 17.4. The molecule has 6 nitrogen and oxygen atoms in total. The topological polar surface area (TPSA) is 67.2 Å². The molecule has 160 valence electrons. The second-order valence-electron chi connectivity index (χ2n) is 8.05. The van der Waals surface area contributed by atoms with Crippen LogP contribution in [0.25, 0.3) is 32.6 Å². The summed E-state index contributed by atoms with van der Waals surface area (Å²) in [4.78, 5) is 7.47. The van der Waals surface area contributed by atoms with Crippen LogP contribution in [0.15, 0.2) is 83.9 Å². The van der Waals surface area contributed by atoms with E-state index >= 15 is 0 Å². The van der Waals surface area contributed by atoms with Crippen LogP contribution in [0, 0.1) is 0 Å². The standard InChI is InChI=1S/C25H22N4O2S/c30-32(31,23-11-5-7-18-6-1-2-8-19(18)23)29-15-12-21-24(29)20-9-3-4-10-22(20)27-25(21)28-16-13-26-14-17-28/h1-12,15,26H,13-14,16-17H2. The Morgan fingerprint density at radius 2 is 1.50 bits per heavy atom. The SMILES string of the molecule is O=S(=O)(c1cccc2ccccc12)n1ccc2c(N3CCNCC3)nc3ccccc3c21.